The number of carbonyl (C=O) groups excluding carboxylic acids is 1. The van der Waals surface area contributed by atoms with E-state index in [4.69, 9.17) is 10.8 Å². The largest absolute Gasteiger partial charge is 0.481 e. The summed E-state index contributed by atoms with van der Waals surface area (Å²) in [6.45, 7) is 9.21. The summed E-state index contributed by atoms with van der Waals surface area (Å²) in [6.07, 6.45) is 2.08. The van der Waals surface area contributed by atoms with Crippen LogP contribution in [0.15, 0.2) is 0 Å². The molecule has 1 aliphatic heterocycles. The number of piperidine rings is 1. The van der Waals surface area contributed by atoms with Gasteiger partial charge in [-0.05, 0) is 30.1 Å². The van der Waals surface area contributed by atoms with Crippen molar-refractivity contribution in [2.45, 2.75) is 53.0 Å². The molecule has 0 bridgehead atoms. The molecule has 1 fully saturated rings. The Labute approximate surface area is 121 Å². The monoisotopic (exact) mass is 284 g/mol. The summed E-state index contributed by atoms with van der Waals surface area (Å²) in [7, 11) is 0. The molecule has 20 heavy (non-hydrogen) atoms. The lowest BCUT2D eigenvalue weighted by Gasteiger charge is -2.38. The Balaban J connectivity index is 2.65. The number of amides is 1. The minimum atomic E-state index is -0.771. The fourth-order valence-corrected chi connectivity index (χ4v) is 2.68. The van der Waals surface area contributed by atoms with E-state index in [2.05, 4.69) is 0 Å². The van der Waals surface area contributed by atoms with Crippen LogP contribution in [-0.4, -0.2) is 41.0 Å². The van der Waals surface area contributed by atoms with Crippen LogP contribution < -0.4 is 5.73 Å². The standard InChI is InChI=1S/C15H28N2O3/c1-10(8-12(18)19)11-6-5-7-17(9-11)14(20)13(16)15(2,3)4/h10-11,13H,5-9,16H2,1-4H3,(H,18,19). The van der Waals surface area contributed by atoms with Gasteiger partial charge in [0.1, 0.15) is 0 Å². The SMILES string of the molecule is CC(CC(=O)O)C1CCCN(C(=O)C(N)C(C)(C)C)C1. The summed E-state index contributed by atoms with van der Waals surface area (Å²) in [5.74, 6) is -0.429. The number of carboxylic acid groups (broad SMARTS) is 1. The van der Waals surface area contributed by atoms with Crippen LogP contribution in [0, 0.1) is 17.3 Å². The first-order valence-electron chi connectivity index (χ1n) is 7.39. The molecule has 5 nitrogen and oxygen atoms in total. The maximum Gasteiger partial charge on any atom is 0.303 e. The normalized spacial score (nSPS) is 23.2. The van der Waals surface area contributed by atoms with Crippen LogP contribution in [-0.2, 0) is 9.59 Å². The molecule has 3 atom stereocenters. The van der Waals surface area contributed by atoms with Gasteiger partial charge in [0, 0.05) is 19.5 Å². The Morgan fingerprint density at radius 1 is 1.40 bits per heavy atom. The lowest BCUT2D eigenvalue weighted by atomic mass is 9.83. The second-order valence-corrected chi connectivity index (χ2v) is 7.11. The highest BCUT2D eigenvalue weighted by Gasteiger charge is 2.34. The fraction of sp³-hybridized carbons (Fsp3) is 0.867. The second kappa shape index (κ2) is 6.57. The topological polar surface area (TPSA) is 83.6 Å². The van der Waals surface area contributed by atoms with Crippen LogP contribution in [0.1, 0.15) is 47.0 Å². The van der Waals surface area contributed by atoms with Gasteiger partial charge in [-0.3, -0.25) is 9.59 Å². The molecule has 0 aromatic rings. The molecule has 1 aliphatic rings. The van der Waals surface area contributed by atoms with Crippen LogP contribution >= 0.6 is 0 Å². The van der Waals surface area contributed by atoms with E-state index in [9.17, 15) is 9.59 Å². The molecule has 0 aromatic carbocycles. The number of carboxylic acids is 1. The van der Waals surface area contributed by atoms with Crippen molar-refractivity contribution in [2.75, 3.05) is 13.1 Å². The molecule has 0 aliphatic carbocycles. The number of nitrogens with zero attached hydrogens (tertiary/aromatic N) is 1. The molecule has 1 saturated heterocycles. The number of aliphatic carboxylic acids is 1. The Hall–Kier alpha value is -1.10. The van der Waals surface area contributed by atoms with Crippen LogP contribution in [0.25, 0.3) is 0 Å². The van der Waals surface area contributed by atoms with Crippen molar-refractivity contribution in [3.8, 4) is 0 Å². The molecule has 0 saturated carbocycles. The summed E-state index contributed by atoms with van der Waals surface area (Å²) >= 11 is 0. The number of carbonyl (C=O) groups is 2. The molecule has 5 heteroatoms. The van der Waals surface area contributed by atoms with Crippen molar-refractivity contribution in [3.05, 3.63) is 0 Å². The van der Waals surface area contributed by atoms with Crippen molar-refractivity contribution >= 4 is 11.9 Å². The average Bonchev–Trinajstić information content (AvgIpc) is 2.35. The quantitative estimate of drug-likeness (QED) is 0.823. The van der Waals surface area contributed by atoms with E-state index in [1.165, 1.54) is 0 Å². The van der Waals surface area contributed by atoms with Crippen molar-refractivity contribution in [3.63, 3.8) is 0 Å². The van der Waals surface area contributed by atoms with E-state index in [0.29, 0.717) is 6.54 Å². The molecule has 3 unspecified atom stereocenters. The summed E-state index contributed by atoms with van der Waals surface area (Å²) < 4.78 is 0. The van der Waals surface area contributed by atoms with Gasteiger partial charge in [-0.1, -0.05) is 27.7 Å². The number of nitrogens with two attached hydrogens (primary N) is 1. The summed E-state index contributed by atoms with van der Waals surface area (Å²) in [5.41, 5.74) is 5.79. The van der Waals surface area contributed by atoms with Gasteiger partial charge in [-0.25, -0.2) is 0 Å². The number of hydrogen-bond donors (Lipinski definition) is 2. The Kier molecular flexibility index (Phi) is 5.57. The first-order chi connectivity index (χ1) is 9.12. The van der Waals surface area contributed by atoms with Crippen LogP contribution in [0.4, 0.5) is 0 Å². The van der Waals surface area contributed by atoms with Crippen molar-refractivity contribution in [1.29, 1.82) is 0 Å². The molecule has 0 aromatic heterocycles. The number of likely N-dealkylation sites (tertiary alicyclic amines) is 1. The lowest BCUT2D eigenvalue weighted by molar-refractivity contribution is -0.139. The van der Waals surface area contributed by atoms with Gasteiger partial charge < -0.3 is 15.7 Å². The molecule has 1 amide bonds. The maximum absolute atomic E-state index is 12.4. The molecule has 0 spiro atoms. The summed E-state index contributed by atoms with van der Waals surface area (Å²) in [5, 5.41) is 8.88. The molecule has 1 heterocycles. The van der Waals surface area contributed by atoms with E-state index < -0.39 is 12.0 Å². The Morgan fingerprint density at radius 2 is 2.00 bits per heavy atom. The molecule has 3 N–H and O–H groups in total. The predicted molar refractivity (Wildman–Crippen MR) is 78.2 cm³/mol. The number of rotatable bonds is 4. The summed E-state index contributed by atoms with van der Waals surface area (Å²) in [4.78, 5) is 25.0. The zero-order valence-electron chi connectivity index (χ0n) is 13.1. The molecular weight excluding hydrogens is 256 g/mol. The smallest absolute Gasteiger partial charge is 0.303 e. The van der Waals surface area contributed by atoms with E-state index in [-0.39, 0.29) is 29.6 Å². The minimum absolute atomic E-state index is 0.00951. The highest BCUT2D eigenvalue weighted by atomic mass is 16.4. The molecule has 116 valence electrons. The molecule has 0 radical (unpaired) electrons. The summed E-state index contributed by atoms with van der Waals surface area (Å²) in [6, 6.07) is -0.504. The maximum atomic E-state index is 12.4. The first-order valence-corrected chi connectivity index (χ1v) is 7.39. The third-order valence-corrected chi connectivity index (χ3v) is 4.27. The molecular formula is C15H28N2O3. The second-order valence-electron chi connectivity index (χ2n) is 7.11. The van der Waals surface area contributed by atoms with Gasteiger partial charge in [0.25, 0.3) is 0 Å². The fourth-order valence-electron chi connectivity index (χ4n) is 2.68. The van der Waals surface area contributed by atoms with Crippen molar-refractivity contribution < 1.29 is 14.7 Å². The van der Waals surface area contributed by atoms with Gasteiger partial charge >= 0.3 is 5.97 Å². The van der Waals surface area contributed by atoms with E-state index >= 15 is 0 Å². The zero-order valence-corrected chi connectivity index (χ0v) is 13.1. The van der Waals surface area contributed by atoms with E-state index in [1.807, 2.05) is 32.6 Å². The van der Waals surface area contributed by atoms with Crippen molar-refractivity contribution in [1.82, 2.24) is 4.90 Å². The van der Waals surface area contributed by atoms with Gasteiger partial charge in [-0.2, -0.15) is 0 Å². The van der Waals surface area contributed by atoms with Crippen LogP contribution in [0.5, 0.6) is 0 Å². The van der Waals surface area contributed by atoms with Gasteiger partial charge in [0.05, 0.1) is 6.04 Å². The average molecular weight is 284 g/mol. The third-order valence-electron chi connectivity index (χ3n) is 4.27. The highest BCUT2D eigenvalue weighted by molar-refractivity contribution is 5.82. The minimum Gasteiger partial charge on any atom is -0.481 e. The van der Waals surface area contributed by atoms with Crippen molar-refractivity contribution in [2.24, 2.45) is 23.0 Å². The van der Waals surface area contributed by atoms with Gasteiger partial charge in [0.15, 0.2) is 0 Å². The van der Waals surface area contributed by atoms with Crippen LogP contribution in [0.2, 0.25) is 0 Å². The van der Waals surface area contributed by atoms with Gasteiger partial charge in [0.2, 0.25) is 5.91 Å². The van der Waals surface area contributed by atoms with E-state index in [1.54, 1.807) is 0 Å². The Bertz CT molecular complexity index is 363. The van der Waals surface area contributed by atoms with Crippen LogP contribution in [0.3, 0.4) is 0 Å². The zero-order chi connectivity index (χ0) is 15.5. The van der Waals surface area contributed by atoms with Gasteiger partial charge in [-0.15, -0.1) is 0 Å². The highest BCUT2D eigenvalue weighted by Crippen LogP contribution is 2.28. The molecule has 1 rings (SSSR count). The predicted octanol–water partition coefficient (Wildman–Crippen LogP) is 1.71. The number of hydrogen-bond acceptors (Lipinski definition) is 3. The third kappa shape index (κ3) is 4.47. The first kappa shape index (κ1) is 17.0. The Morgan fingerprint density at radius 3 is 2.50 bits per heavy atom. The lowest BCUT2D eigenvalue weighted by Crippen LogP contribution is -2.53. The van der Waals surface area contributed by atoms with E-state index in [0.717, 1.165) is 19.4 Å².